The van der Waals surface area contributed by atoms with Crippen LogP contribution in [-0.4, -0.2) is 14.4 Å². The predicted octanol–water partition coefficient (Wildman–Crippen LogP) is 7.52. The molecule has 0 unspecified atom stereocenters. The Morgan fingerprint density at radius 3 is 1.88 bits per heavy atom. The third-order valence-electron chi connectivity index (χ3n) is 5.14. The summed E-state index contributed by atoms with van der Waals surface area (Å²) in [5, 5.41) is 0.178. The fraction of sp³-hybridized carbons (Fsp3) is 0.652. The van der Waals surface area contributed by atoms with Gasteiger partial charge in [0.05, 0.1) is 6.10 Å². The average molecular weight is 377 g/mol. The second-order valence-corrected chi connectivity index (χ2v) is 14.4. The molecule has 0 saturated carbocycles. The van der Waals surface area contributed by atoms with Crippen molar-refractivity contribution < 1.29 is 9.16 Å². The summed E-state index contributed by atoms with van der Waals surface area (Å²) in [6.45, 7) is 24.5. The zero-order valence-corrected chi connectivity index (χ0v) is 19.9. The van der Waals surface area contributed by atoms with Gasteiger partial charge in [-0.15, -0.1) is 0 Å². The highest BCUT2D eigenvalue weighted by molar-refractivity contribution is 6.74. The van der Waals surface area contributed by atoms with Crippen molar-refractivity contribution in [3.8, 4) is 5.75 Å². The molecule has 1 rings (SSSR count). The molecule has 0 aliphatic carbocycles. The summed E-state index contributed by atoms with van der Waals surface area (Å²) < 4.78 is 12.8. The Kier molecular flexibility index (Phi) is 7.59. The first-order valence-corrected chi connectivity index (χ1v) is 12.9. The highest BCUT2D eigenvalue weighted by Gasteiger charge is 2.39. The van der Waals surface area contributed by atoms with Crippen molar-refractivity contribution >= 4 is 14.1 Å². The van der Waals surface area contributed by atoms with E-state index in [4.69, 9.17) is 9.16 Å². The van der Waals surface area contributed by atoms with Crippen molar-refractivity contribution in [3.05, 3.63) is 35.4 Å². The lowest BCUT2D eigenvalue weighted by Gasteiger charge is -2.36. The number of allylic oxidation sites excluding steroid dienone is 1. The Labute approximate surface area is 163 Å². The van der Waals surface area contributed by atoms with Gasteiger partial charge in [-0.3, -0.25) is 0 Å². The van der Waals surface area contributed by atoms with Gasteiger partial charge in [-0.1, -0.05) is 60.6 Å². The van der Waals surface area contributed by atoms with Crippen LogP contribution in [0, 0.1) is 11.8 Å². The number of hydrogen-bond donors (Lipinski definition) is 0. The normalized spacial score (nSPS) is 12.7. The fourth-order valence-corrected chi connectivity index (χ4v) is 3.90. The van der Waals surface area contributed by atoms with Crippen LogP contribution in [-0.2, 0) is 4.74 Å². The first-order valence-electron chi connectivity index (χ1n) is 9.96. The molecule has 0 atom stereocenters. The van der Waals surface area contributed by atoms with E-state index in [1.165, 1.54) is 5.57 Å². The molecule has 0 heterocycles. The first kappa shape index (κ1) is 22.8. The molecule has 0 N–H and O–H groups in total. The van der Waals surface area contributed by atoms with E-state index in [2.05, 4.69) is 99.7 Å². The van der Waals surface area contributed by atoms with Gasteiger partial charge in [0.2, 0.25) is 8.32 Å². The van der Waals surface area contributed by atoms with Crippen LogP contribution in [0.25, 0.3) is 5.76 Å². The van der Waals surface area contributed by atoms with Crippen LogP contribution in [0.4, 0.5) is 0 Å². The minimum atomic E-state index is -1.86. The lowest BCUT2D eigenvalue weighted by molar-refractivity contribution is 0.199. The molecule has 0 amide bonds. The van der Waals surface area contributed by atoms with E-state index in [0.717, 1.165) is 17.1 Å². The lowest BCUT2D eigenvalue weighted by atomic mass is 9.89. The largest absolute Gasteiger partial charge is 0.543 e. The fourth-order valence-electron chi connectivity index (χ4n) is 2.88. The van der Waals surface area contributed by atoms with E-state index in [0.29, 0.717) is 11.8 Å². The lowest BCUT2D eigenvalue weighted by Crippen LogP contribution is -2.43. The summed E-state index contributed by atoms with van der Waals surface area (Å²) in [5.74, 6) is 2.85. The Hall–Kier alpha value is -1.22. The highest BCUT2D eigenvalue weighted by Crippen LogP contribution is 2.38. The molecular formula is C23H40O2Si. The maximum Gasteiger partial charge on any atom is 0.250 e. The molecule has 1 aromatic rings. The van der Waals surface area contributed by atoms with Crippen LogP contribution in [0.3, 0.4) is 0 Å². The number of rotatable bonds is 7. The van der Waals surface area contributed by atoms with Crippen LogP contribution in [0.5, 0.6) is 5.75 Å². The van der Waals surface area contributed by atoms with Gasteiger partial charge in [0.1, 0.15) is 11.5 Å². The second kappa shape index (κ2) is 8.64. The minimum absolute atomic E-state index is 0.141. The van der Waals surface area contributed by atoms with Gasteiger partial charge in [-0.25, -0.2) is 0 Å². The summed E-state index contributed by atoms with van der Waals surface area (Å²) >= 11 is 0. The zero-order chi connectivity index (χ0) is 20.3. The third-order valence-corrected chi connectivity index (χ3v) is 9.49. The monoisotopic (exact) mass is 376 g/mol. The molecule has 2 nitrogen and oxygen atoms in total. The Bertz CT molecular complexity index is 609. The van der Waals surface area contributed by atoms with E-state index in [9.17, 15) is 0 Å². The average Bonchev–Trinajstić information content (AvgIpc) is 2.43. The quantitative estimate of drug-likeness (QED) is 0.362. The standard InChI is InChI=1S/C23H40O2Si/c1-16(2)21(17(3)4)22(24-18(5)6)19-13-12-14-20(15-19)25-26(10,11)23(7,8)9/h12-18H,1-11H3. The summed E-state index contributed by atoms with van der Waals surface area (Å²) in [6.07, 6.45) is 0.141. The van der Waals surface area contributed by atoms with Gasteiger partial charge in [-0.2, -0.15) is 0 Å². The number of benzene rings is 1. The van der Waals surface area contributed by atoms with Crippen molar-refractivity contribution in [2.75, 3.05) is 0 Å². The molecule has 148 valence electrons. The Balaban J connectivity index is 3.41. The van der Waals surface area contributed by atoms with Crippen LogP contribution >= 0.6 is 0 Å². The summed E-state index contributed by atoms with van der Waals surface area (Å²) in [7, 11) is -1.86. The molecule has 0 saturated heterocycles. The third kappa shape index (κ3) is 5.90. The SMILES string of the molecule is CC(C)OC(=C(C(C)C)C(C)C)c1cccc(O[Si](C)(C)C(C)(C)C)c1. The number of ether oxygens (including phenoxy) is 1. The molecular weight excluding hydrogens is 336 g/mol. The van der Waals surface area contributed by atoms with E-state index in [1.54, 1.807) is 0 Å². The molecule has 3 heteroatoms. The minimum Gasteiger partial charge on any atom is -0.543 e. The van der Waals surface area contributed by atoms with Gasteiger partial charge < -0.3 is 9.16 Å². The van der Waals surface area contributed by atoms with Crippen molar-refractivity contribution in [2.45, 2.75) is 86.5 Å². The van der Waals surface area contributed by atoms with Crippen molar-refractivity contribution in [1.29, 1.82) is 0 Å². The highest BCUT2D eigenvalue weighted by atomic mass is 28.4. The smallest absolute Gasteiger partial charge is 0.250 e. The van der Waals surface area contributed by atoms with Gasteiger partial charge in [0.15, 0.2) is 0 Å². The first-order chi connectivity index (χ1) is 11.8. The predicted molar refractivity (Wildman–Crippen MR) is 117 cm³/mol. The van der Waals surface area contributed by atoms with Crippen molar-refractivity contribution in [2.24, 2.45) is 11.8 Å². The van der Waals surface area contributed by atoms with E-state index in [1.807, 2.05) is 0 Å². The summed E-state index contributed by atoms with van der Waals surface area (Å²) in [5.41, 5.74) is 2.48. The van der Waals surface area contributed by atoms with Crippen LogP contribution in [0.15, 0.2) is 29.8 Å². The van der Waals surface area contributed by atoms with Gasteiger partial charge in [0.25, 0.3) is 0 Å². The molecule has 0 bridgehead atoms. The van der Waals surface area contributed by atoms with E-state index in [-0.39, 0.29) is 11.1 Å². The maximum absolute atomic E-state index is 6.52. The zero-order valence-electron chi connectivity index (χ0n) is 18.9. The Morgan fingerprint density at radius 1 is 0.923 bits per heavy atom. The molecule has 1 aromatic carbocycles. The summed E-state index contributed by atoms with van der Waals surface area (Å²) in [6, 6.07) is 8.45. The van der Waals surface area contributed by atoms with Gasteiger partial charge in [-0.05, 0) is 61.5 Å². The van der Waals surface area contributed by atoms with Crippen molar-refractivity contribution in [1.82, 2.24) is 0 Å². The van der Waals surface area contributed by atoms with Crippen LogP contribution in [0.2, 0.25) is 18.1 Å². The summed E-state index contributed by atoms with van der Waals surface area (Å²) in [4.78, 5) is 0. The molecule has 0 fully saturated rings. The van der Waals surface area contributed by atoms with Crippen LogP contribution < -0.4 is 4.43 Å². The molecule has 0 spiro atoms. The molecule has 0 aliphatic heterocycles. The second-order valence-electron chi connectivity index (χ2n) is 9.65. The Morgan fingerprint density at radius 2 is 1.46 bits per heavy atom. The molecule has 0 aliphatic rings. The molecule has 0 aromatic heterocycles. The topological polar surface area (TPSA) is 18.5 Å². The van der Waals surface area contributed by atoms with Crippen LogP contribution in [0.1, 0.15) is 67.9 Å². The molecule has 26 heavy (non-hydrogen) atoms. The van der Waals surface area contributed by atoms with E-state index >= 15 is 0 Å². The molecule has 0 radical (unpaired) electrons. The maximum atomic E-state index is 6.52. The van der Waals surface area contributed by atoms with Crippen molar-refractivity contribution in [3.63, 3.8) is 0 Å². The number of hydrogen-bond acceptors (Lipinski definition) is 2. The van der Waals surface area contributed by atoms with Gasteiger partial charge in [0, 0.05) is 5.56 Å². The van der Waals surface area contributed by atoms with Gasteiger partial charge >= 0.3 is 0 Å². The van der Waals surface area contributed by atoms with E-state index < -0.39 is 8.32 Å².